The molecule has 2 aliphatic rings. The van der Waals surface area contributed by atoms with E-state index in [0.29, 0.717) is 24.3 Å². The largest absolute Gasteiger partial charge is 0.489 e. The van der Waals surface area contributed by atoms with E-state index in [4.69, 9.17) is 4.74 Å². The van der Waals surface area contributed by atoms with Crippen LogP contribution in [0.25, 0.3) is 0 Å². The number of ether oxygens (including phenoxy) is 1. The monoisotopic (exact) mass is 423 g/mol. The molecule has 1 aromatic rings. The van der Waals surface area contributed by atoms with Gasteiger partial charge < -0.3 is 9.64 Å². The third-order valence-electron chi connectivity index (χ3n) is 5.05. The lowest BCUT2D eigenvalue weighted by molar-refractivity contribution is -0.145. The molecule has 9 heteroatoms. The minimum absolute atomic E-state index is 0.00640. The van der Waals surface area contributed by atoms with Crippen LogP contribution in [0.4, 0.5) is 0 Å². The van der Waals surface area contributed by atoms with E-state index in [1.54, 1.807) is 17.0 Å². The second-order valence-corrected chi connectivity index (χ2v) is 8.58. The van der Waals surface area contributed by atoms with Crippen molar-refractivity contribution < 1.29 is 19.1 Å². The number of rotatable bonds is 7. The van der Waals surface area contributed by atoms with Gasteiger partial charge in [0.15, 0.2) is 0 Å². The Balaban J connectivity index is 1.69. The van der Waals surface area contributed by atoms with Crippen molar-refractivity contribution in [2.75, 3.05) is 13.1 Å². The summed E-state index contributed by atoms with van der Waals surface area (Å²) in [4.78, 5) is 38.5. The number of nitrogens with zero attached hydrogens (tertiary/aromatic N) is 3. The molecule has 3 amide bonds. The van der Waals surface area contributed by atoms with E-state index in [1.165, 1.54) is 0 Å². The molecule has 4 atom stereocenters. The fourth-order valence-corrected chi connectivity index (χ4v) is 4.56. The number of imide groups is 1. The Kier molecular flexibility index (Phi) is 6.69. The van der Waals surface area contributed by atoms with Crippen molar-refractivity contribution in [2.45, 2.75) is 51.8 Å². The summed E-state index contributed by atoms with van der Waals surface area (Å²) in [7, 11) is 4.87. The van der Waals surface area contributed by atoms with Gasteiger partial charge in [-0.3, -0.25) is 23.7 Å². The molecule has 1 saturated heterocycles. The van der Waals surface area contributed by atoms with Crippen molar-refractivity contribution >= 4 is 36.5 Å². The van der Waals surface area contributed by atoms with Gasteiger partial charge in [-0.1, -0.05) is 16.3 Å². The van der Waals surface area contributed by atoms with Crippen LogP contribution in [-0.2, 0) is 16.1 Å². The molecule has 3 rings (SSSR count). The van der Waals surface area contributed by atoms with Crippen LogP contribution in [0, 0.1) is 0 Å². The Hall–Kier alpha value is -1.55. The normalized spacial score (nSPS) is 20.8. The maximum Gasteiger partial charge on any atom is 0.255 e. The number of hydrogen-bond acceptors (Lipinski definition) is 5. The smallest absolute Gasteiger partial charge is 0.255 e. The molecule has 2 heterocycles. The molecule has 28 heavy (non-hydrogen) atoms. The first-order valence-corrected chi connectivity index (χ1v) is 10.6. The van der Waals surface area contributed by atoms with Crippen LogP contribution in [0.2, 0.25) is 0 Å². The second kappa shape index (κ2) is 8.86. The second-order valence-electron chi connectivity index (χ2n) is 7.33. The minimum atomic E-state index is -0.599. The highest BCUT2D eigenvalue weighted by atomic mass is 31.0. The molecule has 2 aliphatic heterocycles. The van der Waals surface area contributed by atoms with Gasteiger partial charge in [0.1, 0.15) is 17.9 Å². The SMILES string of the molecule is CCCN(P)CC(C)Oc1ccc2c(c1)CN(C1CCC(=O)N(P)C1=O)C2=O. The van der Waals surface area contributed by atoms with Crippen molar-refractivity contribution in [3.63, 3.8) is 0 Å². The predicted octanol–water partition coefficient (Wildman–Crippen LogP) is 2.22. The van der Waals surface area contributed by atoms with E-state index >= 15 is 0 Å². The molecule has 152 valence electrons. The zero-order chi connectivity index (χ0) is 20.4. The summed E-state index contributed by atoms with van der Waals surface area (Å²) in [6.45, 7) is 6.28. The van der Waals surface area contributed by atoms with Crippen LogP contribution < -0.4 is 4.74 Å². The van der Waals surface area contributed by atoms with Gasteiger partial charge in [-0.25, -0.2) is 0 Å². The molecule has 7 nitrogen and oxygen atoms in total. The van der Waals surface area contributed by atoms with E-state index in [2.05, 4.69) is 30.4 Å². The highest BCUT2D eigenvalue weighted by Gasteiger charge is 2.41. The van der Waals surface area contributed by atoms with Crippen LogP contribution in [0.5, 0.6) is 5.75 Å². The van der Waals surface area contributed by atoms with Gasteiger partial charge in [-0.15, -0.1) is 0 Å². The Morgan fingerprint density at radius 2 is 2.07 bits per heavy atom. The molecule has 1 fully saturated rings. The molecule has 0 spiro atoms. The van der Waals surface area contributed by atoms with Crippen LogP contribution in [0.3, 0.4) is 0 Å². The number of amides is 3. The maximum absolute atomic E-state index is 12.8. The van der Waals surface area contributed by atoms with Crippen LogP contribution in [0.1, 0.15) is 49.0 Å². The Labute approximate surface area is 170 Å². The number of fused-ring (bicyclic) bond motifs is 1. The summed E-state index contributed by atoms with van der Waals surface area (Å²) in [6.07, 6.45) is 1.71. The first-order valence-electron chi connectivity index (χ1n) is 9.53. The topological polar surface area (TPSA) is 70.2 Å². The van der Waals surface area contributed by atoms with Crippen LogP contribution in [0.15, 0.2) is 18.2 Å². The number of carbonyl (C=O) groups is 3. The quantitative estimate of drug-likeness (QED) is 0.497. The third-order valence-corrected chi connectivity index (χ3v) is 6.06. The molecule has 0 bridgehead atoms. The van der Waals surface area contributed by atoms with E-state index in [-0.39, 0.29) is 30.2 Å². The molecular formula is C19H27N3O4P2. The number of hydrogen-bond donors (Lipinski definition) is 0. The van der Waals surface area contributed by atoms with E-state index in [0.717, 1.165) is 29.7 Å². The van der Waals surface area contributed by atoms with Gasteiger partial charge in [0, 0.05) is 31.6 Å². The van der Waals surface area contributed by atoms with Gasteiger partial charge in [0.05, 0.1) is 0 Å². The number of piperidine rings is 1. The summed E-state index contributed by atoms with van der Waals surface area (Å²) >= 11 is 0. The molecule has 4 unspecified atom stereocenters. The summed E-state index contributed by atoms with van der Waals surface area (Å²) in [6, 6.07) is 4.85. The Morgan fingerprint density at radius 3 is 2.79 bits per heavy atom. The Bertz CT molecular complexity index is 788. The fraction of sp³-hybridized carbons (Fsp3) is 0.526. The van der Waals surface area contributed by atoms with Gasteiger partial charge in [-0.05, 0) is 52.9 Å². The van der Waals surface area contributed by atoms with E-state index in [1.807, 2.05) is 13.0 Å². The predicted molar refractivity (Wildman–Crippen MR) is 113 cm³/mol. The van der Waals surface area contributed by atoms with Crippen molar-refractivity contribution in [1.29, 1.82) is 0 Å². The zero-order valence-electron chi connectivity index (χ0n) is 16.3. The van der Waals surface area contributed by atoms with Gasteiger partial charge in [0.25, 0.3) is 11.8 Å². The van der Waals surface area contributed by atoms with Gasteiger partial charge >= 0.3 is 0 Å². The lowest BCUT2D eigenvalue weighted by Crippen LogP contribution is -2.51. The number of benzene rings is 1. The fourth-order valence-electron chi connectivity index (χ4n) is 3.70. The number of carbonyl (C=O) groups excluding carboxylic acids is 3. The summed E-state index contributed by atoms with van der Waals surface area (Å²) in [5.41, 5.74) is 1.45. The first kappa shape index (κ1) is 21.2. The van der Waals surface area contributed by atoms with Gasteiger partial charge in [-0.2, -0.15) is 0 Å². The molecule has 0 saturated carbocycles. The molecular weight excluding hydrogens is 396 g/mol. The highest BCUT2D eigenvalue weighted by molar-refractivity contribution is 7.16. The molecule has 0 aromatic heterocycles. The standard InChI is InChI=1S/C19H27N3O4P2/c1-3-8-20(27)10-12(2)26-14-4-5-15-13(9-14)11-21(18(15)24)16-6-7-17(23)22(28)19(16)25/h4-5,9,12,16H,3,6-8,10-11,27-28H2,1-2H3. The third kappa shape index (κ3) is 4.37. The van der Waals surface area contributed by atoms with Crippen molar-refractivity contribution in [1.82, 2.24) is 14.2 Å². The van der Waals surface area contributed by atoms with Crippen molar-refractivity contribution in [3.05, 3.63) is 29.3 Å². The van der Waals surface area contributed by atoms with Gasteiger partial charge in [0.2, 0.25) is 5.91 Å². The average Bonchev–Trinajstić information content (AvgIpc) is 2.96. The zero-order valence-corrected chi connectivity index (χ0v) is 18.6. The minimum Gasteiger partial charge on any atom is -0.489 e. The molecule has 1 aromatic carbocycles. The summed E-state index contributed by atoms with van der Waals surface area (Å²) in [5, 5.41) is 0. The lowest BCUT2D eigenvalue weighted by Gasteiger charge is -2.33. The average molecular weight is 423 g/mol. The van der Waals surface area contributed by atoms with Crippen molar-refractivity contribution in [3.8, 4) is 5.75 Å². The first-order chi connectivity index (χ1) is 13.3. The summed E-state index contributed by atoms with van der Waals surface area (Å²) < 4.78 is 9.21. The maximum atomic E-state index is 12.8. The Morgan fingerprint density at radius 1 is 1.32 bits per heavy atom. The highest BCUT2D eigenvalue weighted by Crippen LogP contribution is 2.32. The molecule has 0 radical (unpaired) electrons. The van der Waals surface area contributed by atoms with Crippen LogP contribution in [-0.4, -0.2) is 57.2 Å². The lowest BCUT2D eigenvalue weighted by atomic mass is 10.0. The van der Waals surface area contributed by atoms with Crippen molar-refractivity contribution in [2.24, 2.45) is 0 Å². The van der Waals surface area contributed by atoms with E-state index in [9.17, 15) is 14.4 Å². The summed E-state index contributed by atoms with van der Waals surface area (Å²) in [5.74, 6) is -0.0244. The van der Waals surface area contributed by atoms with E-state index < -0.39 is 6.04 Å². The molecule has 0 N–H and O–H groups in total. The van der Waals surface area contributed by atoms with Crippen LogP contribution >= 0.6 is 18.8 Å². The molecule has 0 aliphatic carbocycles.